The summed E-state index contributed by atoms with van der Waals surface area (Å²) in [6.07, 6.45) is 11.9. The van der Waals surface area contributed by atoms with Crippen molar-refractivity contribution < 1.29 is 18.7 Å². The standard InChI is InChI=1S/C31H38FN3O3/c32-24-16-17-28-27(20-24)33-29(18-19-31(37)38-22-23-10-4-1-5-11-23)34(28)21-30(36)35(25-12-6-2-7-13-25)26-14-8-3-9-15-26/h1,4-5,10-11,16-17,20,25-26H,2-3,6-9,12-15,18-19,21-22H2. The first kappa shape index (κ1) is 26.4. The van der Waals surface area contributed by atoms with Crippen LogP contribution in [-0.2, 0) is 33.9 Å². The van der Waals surface area contributed by atoms with Crippen molar-refractivity contribution >= 4 is 22.9 Å². The van der Waals surface area contributed by atoms with Crippen molar-refractivity contribution in [1.82, 2.24) is 14.5 Å². The van der Waals surface area contributed by atoms with E-state index in [-0.39, 0.29) is 37.3 Å². The van der Waals surface area contributed by atoms with E-state index in [0.717, 1.165) is 36.8 Å². The Morgan fingerprint density at radius 3 is 2.24 bits per heavy atom. The van der Waals surface area contributed by atoms with Crippen LogP contribution in [0.4, 0.5) is 4.39 Å². The number of ether oxygens (including phenoxy) is 1. The number of hydrogen-bond donors (Lipinski definition) is 0. The van der Waals surface area contributed by atoms with Crippen LogP contribution in [0, 0.1) is 5.82 Å². The third-order valence-corrected chi connectivity index (χ3v) is 8.10. The number of fused-ring (bicyclic) bond motifs is 1. The number of hydrogen-bond acceptors (Lipinski definition) is 4. The lowest BCUT2D eigenvalue weighted by atomic mass is 9.88. The molecule has 202 valence electrons. The molecule has 0 N–H and O–H groups in total. The van der Waals surface area contributed by atoms with E-state index >= 15 is 0 Å². The molecular formula is C31H38FN3O3. The highest BCUT2D eigenvalue weighted by atomic mass is 19.1. The summed E-state index contributed by atoms with van der Waals surface area (Å²) < 4.78 is 21.4. The molecule has 38 heavy (non-hydrogen) atoms. The Bertz CT molecular complexity index is 1210. The fourth-order valence-corrected chi connectivity index (χ4v) is 6.18. The lowest BCUT2D eigenvalue weighted by molar-refractivity contribution is -0.145. The minimum Gasteiger partial charge on any atom is -0.461 e. The lowest BCUT2D eigenvalue weighted by Gasteiger charge is -2.42. The van der Waals surface area contributed by atoms with E-state index in [1.807, 2.05) is 34.9 Å². The highest BCUT2D eigenvalue weighted by molar-refractivity contribution is 5.82. The molecule has 1 amide bonds. The third-order valence-electron chi connectivity index (χ3n) is 8.10. The average molecular weight is 520 g/mol. The second kappa shape index (κ2) is 12.5. The zero-order valence-electron chi connectivity index (χ0n) is 22.1. The van der Waals surface area contributed by atoms with E-state index in [0.29, 0.717) is 29.8 Å². The topological polar surface area (TPSA) is 64.4 Å². The van der Waals surface area contributed by atoms with Crippen LogP contribution in [0.1, 0.15) is 82.0 Å². The summed E-state index contributed by atoms with van der Waals surface area (Å²) >= 11 is 0. The second-order valence-corrected chi connectivity index (χ2v) is 10.8. The van der Waals surface area contributed by atoms with E-state index in [2.05, 4.69) is 9.88 Å². The number of imidazole rings is 1. The predicted octanol–water partition coefficient (Wildman–Crippen LogP) is 6.35. The molecular weight excluding hydrogens is 481 g/mol. The second-order valence-electron chi connectivity index (χ2n) is 10.8. The number of esters is 1. The highest BCUT2D eigenvalue weighted by Crippen LogP contribution is 2.31. The van der Waals surface area contributed by atoms with E-state index < -0.39 is 0 Å². The Balaban J connectivity index is 1.34. The molecule has 5 rings (SSSR count). The zero-order chi connectivity index (χ0) is 26.3. The highest BCUT2D eigenvalue weighted by Gasteiger charge is 2.33. The van der Waals surface area contributed by atoms with Gasteiger partial charge in [0.25, 0.3) is 0 Å². The van der Waals surface area contributed by atoms with E-state index in [1.165, 1.54) is 50.7 Å². The molecule has 1 aromatic heterocycles. The molecule has 2 saturated carbocycles. The molecule has 3 aromatic rings. The SMILES string of the molecule is O=C(CCc1nc2cc(F)ccc2n1CC(=O)N(C1CCCCC1)C1CCCCC1)OCc1ccccc1. The molecule has 1 heterocycles. The average Bonchev–Trinajstić information content (AvgIpc) is 3.28. The summed E-state index contributed by atoms with van der Waals surface area (Å²) in [6, 6.07) is 14.6. The quantitative estimate of drug-likeness (QED) is 0.309. The molecule has 0 radical (unpaired) electrons. The van der Waals surface area contributed by atoms with Crippen LogP contribution in [0.5, 0.6) is 0 Å². The van der Waals surface area contributed by atoms with Crippen molar-refractivity contribution in [1.29, 1.82) is 0 Å². The Labute approximate surface area is 224 Å². The predicted molar refractivity (Wildman–Crippen MR) is 145 cm³/mol. The van der Waals surface area contributed by atoms with Crippen LogP contribution in [0.3, 0.4) is 0 Å². The van der Waals surface area contributed by atoms with Crippen molar-refractivity contribution in [2.24, 2.45) is 0 Å². The number of rotatable bonds is 9. The molecule has 0 unspecified atom stereocenters. The summed E-state index contributed by atoms with van der Waals surface area (Å²) in [5.41, 5.74) is 2.16. The van der Waals surface area contributed by atoms with Gasteiger partial charge in [-0.2, -0.15) is 0 Å². The summed E-state index contributed by atoms with van der Waals surface area (Å²) in [5, 5.41) is 0. The van der Waals surface area contributed by atoms with Crippen molar-refractivity contribution in [2.45, 2.75) is 102 Å². The number of aromatic nitrogens is 2. The van der Waals surface area contributed by atoms with Crippen molar-refractivity contribution in [3.63, 3.8) is 0 Å². The summed E-state index contributed by atoms with van der Waals surface area (Å²) in [4.78, 5) is 33.3. The Kier molecular flexibility index (Phi) is 8.72. The number of halogens is 1. The summed E-state index contributed by atoms with van der Waals surface area (Å²) in [5.74, 6) is 0.0347. The van der Waals surface area contributed by atoms with Crippen molar-refractivity contribution in [3.05, 3.63) is 65.7 Å². The van der Waals surface area contributed by atoms with E-state index in [1.54, 1.807) is 6.07 Å². The van der Waals surface area contributed by atoms with Crippen LogP contribution in [0.2, 0.25) is 0 Å². The maximum Gasteiger partial charge on any atom is 0.306 e. The molecule has 2 aromatic carbocycles. The minimum absolute atomic E-state index is 0.111. The van der Waals surface area contributed by atoms with Gasteiger partial charge in [0.05, 0.1) is 17.5 Å². The van der Waals surface area contributed by atoms with Crippen LogP contribution in [-0.4, -0.2) is 38.4 Å². The van der Waals surface area contributed by atoms with Gasteiger partial charge in [-0.05, 0) is 43.4 Å². The number of amides is 1. The van der Waals surface area contributed by atoms with Crippen molar-refractivity contribution in [3.8, 4) is 0 Å². The first-order valence-corrected chi connectivity index (χ1v) is 14.2. The Morgan fingerprint density at radius 1 is 0.921 bits per heavy atom. The molecule has 2 aliphatic rings. The summed E-state index contributed by atoms with van der Waals surface area (Å²) in [7, 11) is 0. The van der Waals surface area contributed by atoms with Crippen LogP contribution < -0.4 is 0 Å². The fourth-order valence-electron chi connectivity index (χ4n) is 6.18. The minimum atomic E-state index is -0.367. The van der Waals surface area contributed by atoms with Gasteiger partial charge in [-0.3, -0.25) is 9.59 Å². The molecule has 0 saturated heterocycles. The number of benzene rings is 2. The van der Waals surface area contributed by atoms with Gasteiger partial charge in [-0.1, -0.05) is 68.9 Å². The molecule has 6 nitrogen and oxygen atoms in total. The van der Waals surface area contributed by atoms with Gasteiger partial charge in [-0.25, -0.2) is 9.37 Å². The summed E-state index contributed by atoms with van der Waals surface area (Å²) in [6.45, 7) is 0.376. The molecule has 0 atom stereocenters. The molecule has 7 heteroatoms. The molecule has 2 aliphatic carbocycles. The van der Waals surface area contributed by atoms with Gasteiger partial charge in [0.2, 0.25) is 5.91 Å². The number of aryl methyl sites for hydroxylation is 1. The maximum absolute atomic E-state index is 14.0. The number of carbonyl (C=O) groups is 2. The van der Waals surface area contributed by atoms with E-state index in [9.17, 15) is 14.0 Å². The lowest BCUT2D eigenvalue weighted by Crippen LogP contribution is -2.50. The van der Waals surface area contributed by atoms with Gasteiger partial charge < -0.3 is 14.2 Å². The smallest absolute Gasteiger partial charge is 0.306 e. The van der Waals surface area contributed by atoms with Crippen LogP contribution in [0.15, 0.2) is 48.5 Å². The van der Waals surface area contributed by atoms with Gasteiger partial charge in [-0.15, -0.1) is 0 Å². The zero-order valence-corrected chi connectivity index (χ0v) is 22.1. The fraction of sp³-hybridized carbons (Fsp3) is 0.516. The first-order chi connectivity index (χ1) is 18.6. The Morgan fingerprint density at radius 2 is 1.58 bits per heavy atom. The van der Waals surface area contributed by atoms with Crippen molar-refractivity contribution in [2.75, 3.05) is 0 Å². The van der Waals surface area contributed by atoms with Gasteiger partial charge in [0.15, 0.2) is 0 Å². The molecule has 0 spiro atoms. The molecule has 0 bridgehead atoms. The maximum atomic E-state index is 14.0. The van der Waals surface area contributed by atoms with Crippen LogP contribution >= 0.6 is 0 Å². The largest absolute Gasteiger partial charge is 0.461 e. The molecule has 2 fully saturated rings. The van der Waals surface area contributed by atoms with Crippen LogP contribution in [0.25, 0.3) is 11.0 Å². The van der Waals surface area contributed by atoms with E-state index in [4.69, 9.17) is 4.74 Å². The third kappa shape index (κ3) is 6.43. The first-order valence-electron chi connectivity index (χ1n) is 14.2. The Hall–Kier alpha value is -3.22. The van der Waals surface area contributed by atoms with Gasteiger partial charge >= 0.3 is 5.97 Å². The normalized spacial score (nSPS) is 17.0. The number of carbonyl (C=O) groups excluding carboxylic acids is 2. The molecule has 0 aliphatic heterocycles. The van der Waals surface area contributed by atoms with Gasteiger partial charge in [0.1, 0.15) is 24.8 Å². The monoisotopic (exact) mass is 519 g/mol. The number of nitrogens with zero attached hydrogens (tertiary/aromatic N) is 3. The van der Waals surface area contributed by atoms with Gasteiger partial charge in [0, 0.05) is 24.6 Å².